The molecule has 0 radical (unpaired) electrons. The molecule has 0 aliphatic carbocycles. The lowest BCUT2D eigenvalue weighted by atomic mass is 9.74. The largest absolute Gasteiger partial charge is 0.381 e. The van der Waals surface area contributed by atoms with E-state index >= 15 is 0 Å². The normalized spacial score (nSPS) is 15.3. The van der Waals surface area contributed by atoms with Gasteiger partial charge in [0, 0.05) is 37.6 Å². The second-order valence-corrected chi connectivity index (χ2v) is 8.62. The zero-order valence-electron chi connectivity index (χ0n) is 16.8. The first kappa shape index (κ1) is 21.6. The molecule has 1 aliphatic heterocycles. The number of anilines is 1. The Morgan fingerprint density at radius 2 is 1.81 bits per heavy atom. The maximum Gasteiger partial charge on any atom is 0.193 e. The minimum Gasteiger partial charge on any atom is -0.381 e. The number of benzene rings is 1. The van der Waals surface area contributed by atoms with Gasteiger partial charge in [0.05, 0.1) is 11.9 Å². The number of thiocarbonyl (C=S) groups is 1. The highest BCUT2D eigenvalue weighted by Crippen LogP contribution is 2.34. The summed E-state index contributed by atoms with van der Waals surface area (Å²) in [5.74, 6) is -0.232. The second kappa shape index (κ2) is 10.1. The monoisotopic (exact) mass is 455 g/mol. The van der Waals surface area contributed by atoms with Crippen molar-refractivity contribution in [2.45, 2.75) is 28.4 Å². The quantitative estimate of drug-likeness (QED) is 0.423. The molecular weight excluding hydrogens is 433 g/mol. The molecule has 2 N–H and O–H groups in total. The predicted molar refractivity (Wildman–Crippen MR) is 123 cm³/mol. The van der Waals surface area contributed by atoms with Gasteiger partial charge in [-0.1, -0.05) is 12.1 Å². The van der Waals surface area contributed by atoms with E-state index in [1.807, 2.05) is 24.3 Å². The van der Waals surface area contributed by atoms with Gasteiger partial charge in [-0.2, -0.15) is 0 Å². The molecule has 31 heavy (non-hydrogen) atoms. The van der Waals surface area contributed by atoms with Gasteiger partial charge < -0.3 is 15.4 Å². The van der Waals surface area contributed by atoms with Crippen LogP contribution >= 0.6 is 24.0 Å². The van der Waals surface area contributed by atoms with E-state index in [1.165, 1.54) is 23.9 Å². The maximum absolute atomic E-state index is 13.4. The summed E-state index contributed by atoms with van der Waals surface area (Å²) in [6.45, 7) is 1.99. The lowest BCUT2D eigenvalue weighted by Gasteiger charge is -2.38. The molecule has 0 saturated carbocycles. The van der Waals surface area contributed by atoms with Gasteiger partial charge in [-0.25, -0.2) is 19.3 Å². The zero-order chi connectivity index (χ0) is 21.5. The van der Waals surface area contributed by atoms with Crippen LogP contribution in [0, 0.1) is 5.82 Å². The van der Waals surface area contributed by atoms with Crippen LogP contribution in [0.15, 0.2) is 71.2 Å². The van der Waals surface area contributed by atoms with Gasteiger partial charge in [-0.15, -0.1) is 0 Å². The number of nitrogens with zero attached hydrogens (tertiary/aromatic N) is 3. The summed E-state index contributed by atoms with van der Waals surface area (Å²) < 4.78 is 19.0. The first-order chi connectivity index (χ1) is 15.1. The first-order valence-electron chi connectivity index (χ1n) is 9.93. The molecule has 0 amide bonds. The Morgan fingerprint density at radius 1 is 1.06 bits per heavy atom. The standard InChI is InChI=1S/C22H22FN5OS2/c23-17-4-2-16(3-5-17)22(8-12-29-13-9-22)15-27-20(30)28-18-6-7-19(26-14-18)31-21-24-10-1-11-25-21/h1-7,10-11,14H,8-9,12-13,15H2,(H2,27,28,30). The van der Waals surface area contributed by atoms with Gasteiger partial charge in [-0.3, -0.25) is 0 Å². The highest BCUT2D eigenvalue weighted by Gasteiger charge is 2.34. The van der Waals surface area contributed by atoms with Crippen LogP contribution in [0.4, 0.5) is 10.1 Å². The van der Waals surface area contributed by atoms with Crippen LogP contribution in [-0.2, 0) is 10.2 Å². The molecule has 1 fully saturated rings. The van der Waals surface area contributed by atoms with Crippen molar-refractivity contribution in [1.82, 2.24) is 20.3 Å². The Kier molecular flexibility index (Phi) is 7.06. The Labute approximate surface area is 190 Å². The minimum atomic E-state index is -0.232. The van der Waals surface area contributed by atoms with Crippen LogP contribution in [0.3, 0.4) is 0 Å². The number of pyridine rings is 1. The lowest BCUT2D eigenvalue weighted by molar-refractivity contribution is 0.0515. The number of nitrogens with one attached hydrogen (secondary N) is 2. The Bertz CT molecular complexity index is 997. The zero-order valence-corrected chi connectivity index (χ0v) is 18.4. The van der Waals surface area contributed by atoms with E-state index in [-0.39, 0.29) is 11.2 Å². The Morgan fingerprint density at radius 3 is 2.48 bits per heavy atom. The molecule has 3 aromatic rings. The molecule has 4 rings (SSSR count). The molecule has 0 bridgehead atoms. The van der Waals surface area contributed by atoms with Gasteiger partial charge in [0.15, 0.2) is 10.3 Å². The molecule has 2 aromatic heterocycles. The minimum absolute atomic E-state index is 0.147. The molecule has 0 atom stereocenters. The summed E-state index contributed by atoms with van der Waals surface area (Å²) in [6.07, 6.45) is 6.83. The van der Waals surface area contributed by atoms with Gasteiger partial charge in [0.1, 0.15) is 10.8 Å². The number of hydrogen-bond donors (Lipinski definition) is 2. The molecular formula is C22H22FN5OS2. The molecule has 1 aliphatic rings. The van der Waals surface area contributed by atoms with E-state index in [1.54, 1.807) is 24.7 Å². The van der Waals surface area contributed by atoms with E-state index < -0.39 is 0 Å². The van der Waals surface area contributed by atoms with Crippen molar-refractivity contribution in [2.75, 3.05) is 25.1 Å². The van der Waals surface area contributed by atoms with E-state index in [4.69, 9.17) is 17.0 Å². The van der Waals surface area contributed by atoms with Crippen LogP contribution in [0.1, 0.15) is 18.4 Å². The van der Waals surface area contributed by atoms with Crippen molar-refractivity contribution in [3.63, 3.8) is 0 Å². The van der Waals surface area contributed by atoms with Gasteiger partial charge in [0.25, 0.3) is 0 Å². The third kappa shape index (κ3) is 5.75. The second-order valence-electron chi connectivity index (χ2n) is 7.23. The molecule has 0 unspecified atom stereocenters. The van der Waals surface area contributed by atoms with Crippen LogP contribution in [0.5, 0.6) is 0 Å². The number of halogens is 1. The van der Waals surface area contributed by atoms with Crippen LogP contribution in [-0.4, -0.2) is 39.8 Å². The van der Waals surface area contributed by atoms with E-state index in [2.05, 4.69) is 25.6 Å². The summed E-state index contributed by atoms with van der Waals surface area (Å²) in [5.41, 5.74) is 1.74. The highest BCUT2D eigenvalue weighted by atomic mass is 32.2. The average Bonchev–Trinajstić information content (AvgIpc) is 2.81. The maximum atomic E-state index is 13.4. The number of rotatable bonds is 6. The van der Waals surface area contributed by atoms with Crippen LogP contribution in [0.25, 0.3) is 0 Å². The Balaban J connectivity index is 1.35. The number of hydrogen-bond acceptors (Lipinski definition) is 6. The summed E-state index contributed by atoms with van der Waals surface area (Å²) >= 11 is 6.89. The van der Waals surface area contributed by atoms with Crippen molar-refractivity contribution in [3.05, 3.63) is 72.4 Å². The van der Waals surface area contributed by atoms with Crippen molar-refractivity contribution in [2.24, 2.45) is 0 Å². The first-order valence-corrected chi connectivity index (χ1v) is 11.2. The molecule has 3 heterocycles. The number of ether oxygens (including phenoxy) is 1. The number of aromatic nitrogens is 3. The van der Waals surface area contributed by atoms with Crippen molar-refractivity contribution in [1.29, 1.82) is 0 Å². The van der Waals surface area contributed by atoms with Crippen LogP contribution < -0.4 is 10.6 Å². The van der Waals surface area contributed by atoms with Crippen molar-refractivity contribution >= 4 is 34.8 Å². The fourth-order valence-electron chi connectivity index (χ4n) is 3.50. The highest BCUT2D eigenvalue weighted by molar-refractivity contribution is 7.99. The van der Waals surface area contributed by atoms with Gasteiger partial charge in [0.2, 0.25) is 0 Å². The van der Waals surface area contributed by atoms with E-state index in [9.17, 15) is 4.39 Å². The summed E-state index contributed by atoms with van der Waals surface area (Å²) in [4.78, 5) is 12.8. The molecule has 0 spiro atoms. The Hall–Kier alpha value is -2.62. The molecule has 9 heteroatoms. The topological polar surface area (TPSA) is 72.0 Å². The molecule has 1 aromatic carbocycles. The summed E-state index contributed by atoms with van der Waals surface area (Å²) in [6, 6.07) is 12.3. The fourth-order valence-corrected chi connectivity index (χ4v) is 4.35. The summed E-state index contributed by atoms with van der Waals surface area (Å²) in [5, 5.41) is 8.47. The molecule has 1 saturated heterocycles. The van der Waals surface area contributed by atoms with Gasteiger partial charge >= 0.3 is 0 Å². The fraction of sp³-hybridized carbons (Fsp3) is 0.273. The predicted octanol–water partition coefficient (Wildman–Crippen LogP) is 4.20. The molecule has 160 valence electrons. The molecule has 6 nitrogen and oxygen atoms in total. The lowest BCUT2D eigenvalue weighted by Crippen LogP contribution is -2.45. The van der Waals surface area contributed by atoms with Crippen LogP contribution in [0.2, 0.25) is 0 Å². The van der Waals surface area contributed by atoms with Gasteiger partial charge in [-0.05, 0) is 72.7 Å². The van der Waals surface area contributed by atoms with Crippen molar-refractivity contribution in [3.8, 4) is 0 Å². The summed E-state index contributed by atoms with van der Waals surface area (Å²) in [7, 11) is 0. The third-order valence-electron chi connectivity index (χ3n) is 5.23. The van der Waals surface area contributed by atoms with Crippen molar-refractivity contribution < 1.29 is 9.13 Å². The van der Waals surface area contributed by atoms with E-state index in [0.717, 1.165) is 29.1 Å². The third-order valence-corrected chi connectivity index (χ3v) is 6.32. The average molecular weight is 456 g/mol. The SMILES string of the molecule is Fc1ccc(C2(CNC(=S)Nc3ccc(Sc4ncccn4)nc3)CCOCC2)cc1. The van der Waals surface area contributed by atoms with E-state index in [0.29, 0.717) is 30.0 Å². The smallest absolute Gasteiger partial charge is 0.193 e.